The third-order valence-electron chi connectivity index (χ3n) is 3.42. The molecule has 0 saturated carbocycles. The zero-order valence-electron chi connectivity index (χ0n) is 14.5. The first kappa shape index (κ1) is 26.5. The van der Waals surface area contributed by atoms with Crippen molar-refractivity contribution >= 4 is 44.2 Å². The summed E-state index contributed by atoms with van der Waals surface area (Å²) in [6, 6.07) is 17.1. The number of rotatable bonds is 2. The van der Waals surface area contributed by atoms with Crippen LogP contribution in [-0.4, -0.2) is 0 Å². The maximum atomic E-state index is 8.80. The van der Waals surface area contributed by atoms with Gasteiger partial charge in [-0.15, -0.1) is 0 Å². The molecule has 2 rings (SSSR count). The molecule has 0 aliphatic rings. The maximum absolute atomic E-state index is 8.80. The van der Waals surface area contributed by atoms with E-state index < -0.39 is 14.5 Å². The molecule has 2 aromatic carbocycles. The van der Waals surface area contributed by atoms with Gasteiger partial charge in [-0.25, -0.2) is 0 Å². The van der Waals surface area contributed by atoms with Gasteiger partial charge in [0, 0.05) is 0 Å². The van der Waals surface area contributed by atoms with Gasteiger partial charge in [0.15, 0.2) is 0 Å². The van der Waals surface area contributed by atoms with Crippen molar-refractivity contribution in [3.8, 4) is 34.9 Å². The van der Waals surface area contributed by atoms with Crippen molar-refractivity contribution in [1.82, 2.24) is 0 Å². The summed E-state index contributed by atoms with van der Waals surface area (Å²) in [5.74, 6) is 11.1. The zero-order valence-corrected chi connectivity index (χ0v) is 19.6. The van der Waals surface area contributed by atoms with Crippen LogP contribution < -0.4 is 10.6 Å². The molecule has 0 atom stereocenters. The molecule has 148 valence electrons. The van der Waals surface area contributed by atoms with Gasteiger partial charge in [-0.05, 0) is 0 Å². The van der Waals surface area contributed by atoms with Crippen molar-refractivity contribution in [1.29, 1.82) is 31.6 Å². The Labute approximate surface area is 186 Å². The zero-order chi connectivity index (χ0) is 22.2. The van der Waals surface area contributed by atoms with Crippen LogP contribution in [0.4, 0.5) is 0 Å². The molecule has 0 N–H and O–H groups in total. The van der Waals surface area contributed by atoms with Crippen LogP contribution in [-0.2, 0) is 15.9 Å². The summed E-state index contributed by atoms with van der Waals surface area (Å²) in [7, 11) is 3.27. The van der Waals surface area contributed by atoms with Gasteiger partial charge in [-0.1, -0.05) is 0 Å². The van der Waals surface area contributed by atoms with Crippen LogP contribution in [0.25, 0.3) is 0 Å². The third kappa shape index (κ3) is 7.43. The first-order valence-electron chi connectivity index (χ1n) is 7.40. The molecule has 0 aromatic heterocycles. The quantitative estimate of drug-likeness (QED) is 0.400. The van der Waals surface area contributed by atoms with Crippen molar-refractivity contribution in [2.24, 2.45) is 0 Å². The SMILES string of the molecule is N#C[PH](C#N)(C#N)c1ccccc1.N#C[PH](C#N)(C#N)c1ccccc1.[Cl][Pd][Cl]. The van der Waals surface area contributed by atoms with E-state index in [0.717, 1.165) is 0 Å². The fourth-order valence-electron chi connectivity index (χ4n) is 1.91. The minimum atomic E-state index is -3.18. The Balaban J connectivity index is 0.000000477. The van der Waals surface area contributed by atoms with Crippen molar-refractivity contribution in [2.75, 3.05) is 0 Å². The number of hydrogen-bond acceptors (Lipinski definition) is 6. The van der Waals surface area contributed by atoms with Crippen LogP contribution in [0.2, 0.25) is 0 Å². The van der Waals surface area contributed by atoms with Crippen molar-refractivity contribution < 1.29 is 15.9 Å². The Kier molecular flexibility index (Phi) is 13.2. The molecule has 0 aliphatic heterocycles. The Morgan fingerprint density at radius 3 is 0.897 bits per heavy atom. The van der Waals surface area contributed by atoms with E-state index in [2.05, 4.69) is 0 Å². The second-order valence-corrected chi connectivity index (χ2v) is 12.8. The average Bonchev–Trinajstić information content (AvgIpc) is 2.80. The van der Waals surface area contributed by atoms with Gasteiger partial charge in [0.1, 0.15) is 0 Å². The summed E-state index contributed by atoms with van der Waals surface area (Å²) in [5.41, 5.74) is 0. The first-order chi connectivity index (χ1) is 14.0. The van der Waals surface area contributed by atoms with Gasteiger partial charge in [0.25, 0.3) is 0 Å². The topological polar surface area (TPSA) is 143 Å². The van der Waals surface area contributed by atoms with Gasteiger partial charge >= 0.3 is 187 Å². The van der Waals surface area contributed by atoms with Crippen molar-refractivity contribution in [3.63, 3.8) is 0 Å². The number of nitrogens with zero attached hydrogens (tertiary/aromatic N) is 6. The van der Waals surface area contributed by atoms with Crippen LogP contribution in [0.1, 0.15) is 0 Å². The number of nitriles is 6. The number of benzene rings is 2. The molecule has 0 radical (unpaired) electrons. The van der Waals surface area contributed by atoms with Gasteiger partial charge in [-0.3, -0.25) is 0 Å². The van der Waals surface area contributed by atoms with Gasteiger partial charge < -0.3 is 0 Å². The standard InChI is InChI=1S/2C9H6N3P.2ClH.Pd/c2*10-6-13(7-11,8-12)9-4-2-1-3-5-9;;;/h2*1-5,13H;2*1H;/q;;;;+2/p-2. The van der Waals surface area contributed by atoms with Gasteiger partial charge in [0.2, 0.25) is 0 Å². The van der Waals surface area contributed by atoms with E-state index in [1.165, 1.54) is 0 Å². The molecule has 2 aromatic rings. The van der Waals surface area contributed by atoms with Crippen LogP contribution in [0.15, 0.2) is 60.7 Å². The molecule has 0 saturated heterocycles. The second-order valence-electron chi connectivity index (χ2n) is 4.95. The average molecular weight is 552 g/mol. The fourth-order valence-corrected chi connectivity index (χ4v) is 4.37. The van der Waals surface area contributed by atoms with Crippen LogP contribution >= 0.6 is 33.6 Å². The summed E-state index contributed by atoms with van der Waals surface area (Å²) in [6.07, 6.45) is 0. The minimum absolute atomic E-state index is 0.106. The summed E-state index contributed by atoms with van der Waals surface area (Å²) < 4.78 is 0. The first-order valence-corrected chi connectivity index (χ1v) is 15.4. The second kappa shape index (κ2) is 14.5. The van der Waals surface area contributed by atoms with Crippen molar-refractivity contribution in [2.45, 2.75) is 0 Å². The Morgan fingerprint density at radius 2 is 0.724 bits per heavy atom. The molecule has 0 spiro atoms. The molecule has 0 bridgehead atoms. The van der Waals surface area contributed by atoms with E-state index in [0.29, 0.717) is 10.6 Å². The predicted octanol–water partition coefficient (Wildman–Crippen LogP) is 4.39. The van der Waals surface area contributed by atoms with Crippen LogP contribution in [0.3, 0.4) is 0 Å². The normalized spacial score (nSPS) is 10.2. The van der Waals surface area contributed by atoms with E-state index in [-0.39, 0.29) is 15.9 Å². The molecule has 0 aliphatic carbocycles. The number of hydrogen-bond donors (Lipinski definition) is 0. The predicted molar refractivity (Wildman–Crippen MR) is 114 cm³/mol. The summed E-state index contributed by atoms with van der Waals surface area (Å²) in [4.78, 5) is 0. The Bertz CT molecular complexity index is 884. The summed E-state index contributed by atoms with van der Waals surface area (Å²) in [5, 5.41) is 53.9. The van der Waals surface area contributed by atoms with E-state index in [1.807, 2.05) is 34.9 Å². The van der Waals surface area contributed by atoms with Crippen LogP contribution in [0, 0.1) is 66.4 Å². The van der Waals surface area contributed by atoms with Crippen molar-refractivity contribution in [3.05, 3.63) is 60.7 Å². The molecular weight excluding hydrogens is 540 g/mol. The molecule has 0 fully saturated rings. The van der Waals surface area contributed by atoms with E-state index in [1.54, 1.807) is 60.7 Å². The fraction of sp³-hybridized carbons (Fsp3) is 0. The summed E-state index contributed by atoms with van der Waals surface area (Å²) in [6.45, 7) is 0. The third-order valence-corrected chi connectivity index (χ3v) is 7.83. The van der Waals surface area contributed by atoms with E-state index >= 15 is 0 Å². The van der Waals surface area contributed by atoms with Crippen LogP contribution in [0.5, 0.6) is 0 Å². The molecule has 0 amide bonds. The van der Waals surface area contributed by atoms with Gasteiger partial charge in [0.05, 0.1) is 0 Å². The Hall–Kier alpha value is -2.52. The molecule has 6 nitrogen and oxygen atoms in total. The van der Waals surface area contributed by atoms with E-state index in [9.17, 15) is 0 Å². The molecular formula is C18H12Cl2N6P2Pd. The summed E-state index contributed by atoms with van der Waals surface area (Å²) >= 11 is -0.106. The van der Waals surface area contributed by atoms with E-state index in [4.69, 9.17) is 50.6 Å². The molecule has 0 heterocycles. The van der Waals surface area contributed by atoms with Gasteiger partial charge in [-0.2, -0.15) is 0 Å². The molecule has 29 heavy (non-hydrogen) atoms. The molecule has 11 heteroatoms. The number of halogens is 2. The Morgan fingerprint density at radius 1 is 0.517 bits per heavy atom. The monoisotopic (exact) mass is 550 g/mol. The molecule has 0 unspecified atom stereocenters.